The number of aromatic nitrogens is 1. The summed E-state index contributed by atoms with van der Waals surface area (Å²) in [7, 11) is 0. The molecule has 3 rings (SSSR count). The van der Waals surface area contributed by atoms with Crippen LogP contribution in [-0.2, 0) is 6.54 Å². The zero-order valence-corrected chi connectivity index (χ0v) is 12.9. The lowest BCUT2D eigenvalue weighted by molar-refractivity contribution is -0.439. The smallest absolute Gasteiger partial charge is 0.289 e. The van der Waals surface area contributed by atoms with Gasteiger partial charge in [0.2, 0.25) is 0 Å². The van der Waals surface area contributed by atoms with E-state index in [4.69, 9.17) is 11.6 Å². The topological polar surface area (TPSA) is 82.7 Å². The van der Waals surface area contributed by atoms with Gasteiger partial charge in [0.05, 0.1) is 10.8 Å². The number of pyridine rings is 1. The van der Waals surface area contributed by atoms with Gasteiger partial charge in [-0.3, -0.25) is 10.1 Å². The molecule has 3 heterocycles. The van der Waals surface area contributed by atoms with Gasteiger partial charge in [0.15, 0.2) is 5.82 Å². The van der Waals surface area contributed by atoms with Crippen molar-refractivity contribution in [3.63, 3.8) is 0 Å². The van der Waals surface area contributed by atoms with Crippen molar-refractivity contribution in [2.45, 2.75) is 26.1 Å². The third-order valence-electron chi connectivity index (χ3n) is 4.16. The maximum atomic E-state index is 11.4. The number of halogens is 1. The fourth-order valence-electron chi connectivity index (χ4n) is 3.13. The van der Waals surface area contributed by atoms with E-state index in [2.05, 4.69) is 4.98 Å². The molecule has 0 bridgehead atoms. The van der Waals surface area contributed by atoms with Gasteiger partial charge in [0.1, 0.15) is 11.4 Å². The van der Waals surface area contributed by atoms with Crippen LogP contribution in [0.3, 0.4) is 0 Å². The van der Waals surface area contributed by atoms with E-state index in [1.807, 2.05) is 11.0 Å². The number of rotatable bonds is 3. The van der Waals surface area contributed by atoms with Crippen molar-refractivity contribution in [1.29, 1.82) is 0 Å². The van der Waals surface area contributed by atoms with E-state index in [1.54, 1.807) is 24.1 Å². The molecule has 118 valence electrons. The van der Waals surface area contributed by atoms with Crippen LogP contribution in [0.2, 0.25) is 5.15 Å². The standard InChI is InChI=1S/C14H17ClN4O3/c1-9-6-12(20)18-5-4-17(14(18)13(9)19(21)22)8-10-2-3-11(15)16-7-10/h2-3,7,9,12,20H,4-6,8H2,1H3/i13+2. The van der Waals surface area contributed by atoms with Gasteiger partial charge in [-0.2, -0.15) is 0 Å². The van der Waals surface area contributed by atoms with E-state index in [-0.39, 0.29) is 16.5 Å². The number of fused-ring (bicyclic) bond motifs is 1. The highest BCUT2D eigenvalue weighted by Gasteiger charge is 2.44. The lowest BCUT2D eigenvalue weighted by atomic mass is 10.2. The van der Waals surface area contributed by atoms with E-state index in [0.717, 1.165) is 5.56 Å². The van der Waals surface area contributed by atoms with Crippen LogP contribution in [0, 0.1) is 16.0 Å². The Labute approximate surface area is 133 Å². The van der Waals surface area contributed by atoms with Gasteiger partial charge < -0.3 is 14.9 Å². The summed E-state index contributed by atoms with van der Waals surface area (Å²) in [5, 5.41) is 22.0. The fourth-order valence-corrected chi connectivity index (χ4v) is 3.24. The average molecular weight is 327 g/mol. The Morgan fingerprint density at radius 2 is 2.32 bits per heavy atom. The van der Waals surface area contributed by atoms with Gasteiger partial charge in [0, 0.05) is 32.3 Å². The van der Waals surface area contributed by atoms with E-state index in [1.165, 1.54) is 0 Å². The van der Waals surface area contributed by atoms with Crippen molar-refractivity contribution in [3.8, 4) is 0 Å². The minimum absolute atomic E-state index is 0.185. The summed E-state index contributed by atoms with van der Waals surface area (Å²) in [5.74, 6) is 0.256. The van der Waals surface area contributed by atoms with Gasteiger partial charge in [-0.15, -0.1) is 0 Å². The fraction of sp³-hybridized carbons (Fsp3) is 0.500. The molecule has 0 aliphatic carbocycles. The van der Waals surface area contributed by atoms with Crippen molar-refractivity contribution >= 4 is 11.6 Å². The molecule has 0 spiro atoms. The molecule has 8 heteroatoms. The highest BCUT2D eigenvalue weighted by atomic mass is 35.5. The van der Waals surface area contributed by atoms with Crippen LogP contribution in [0.4, 0.5) is 0 Å². The normalized spacial score (nSPS) is 24.7. The second-order valence-electron chi connectivity index (χ2n) is 5.69. The van der Waals surface area contributed by atoms with Crippen LogP contribution in [0.25, 0.3) is 0 Å². The molecule has 0 radical (unpaired) electrons. The number of allylic oxidation sites excluding steroid dienone is 1. The lowest BCUT2D eigenvalue weighted by Crippen LogP contribution is -2.41. The molecule has 2 aliphatic heterocycles. The Bertz CT molecular complexity index is 619. The Morgan fingerprint density at radius 1 is 1.55 bits per heavy atom. The Hall–Kier alpha value is -1.86. The molecule has 1 fully saturated rings. The predicted octanol–water partition coefficient (Wildman–Crippen LogP) is 1.66. The molecule has 2 aliphatic rings. The second kappa shape index (κ2) is 5.73. The first-order chi connectivity index (χ1) is 10.5. The predicted molar refractivity (Wildman–Crippen MR) is 80.2 cm³/mol. The molecule has 0 amide bonds. The number of hydrogen-bond donors (Lipinski definition) is 1. The molecule has 2 atom stereocenters. The van der Waals surface area contributed by atoms with Crippen molar-refractivity contribution < 1.29 is 10.0 Å². The van der Waals surface area contributed by atoms with Crippen LogP contribution in [0.5, 0.6) is 0 Å². The van der Waals surface area contributed by atoms with Gasteiger partial charge in [-0.05, 0) is 11.6 Å². The van der Waals surface area contributed by atoms with Gasteiger partial charge >= 0.3 is 0 Å². The summed E-state index contributed by atoms with van der Waals surface area (Å²) >= 11 is 5.78. The van der Waals surface area contributed by atoms with E-state index >= 15 is 0 Å². The van der Waals surface area contributed by atoms with Crippen LogP contribution in [0.1, 0.15) is 18.9 Å². The van der Waals surface area contributed by atoms with Crippen molar-refractivity contribution in [1.82, 2.24) is 14.8 Å². The zero-order chi connectivity index (χ0) is 15.9. The molecule has 1 saturated heterocycles. The monoisotopic (exact) mass is 326 g/mol. The number of nitro groups is 1. The quantitative estimate of drug-likeness (QED) is 0.517. The molecular formula is C14H17ClN4O3. The van der Waals surface area contributed by atoms with Gasteiger partial charge in [-0.25, -0.2) is 4.98 Å². The summed E-state index contributed by atoms with van der Waals surface area (Å²) < 4.78 is 0. The third-order valence-corrected chi connectivity index (χ3v) is 4.38. The van der Waals surface area contributed by atoms with E-state index in [0.29, 0.717) is 37.0 Å². The van der Waals surface area contributed by atoms with E-state index in [9.17, 15) is 15.2 Å². The average Bonchev–Trinajstić information content (AvgIpc) is 2.85. The largest absolute Gasteiger partial charge is 0.374 e. The maximum absolute atomic E-state index is 11.4. The molecule has 1 N–H and O–H groups in total. The minimum Gasteiger partial charge on any atom is -0.374 e. The summed E-state index contributed by atoms with van der Waals surface area (Å²) in [6.45, 7) is 3.51. The number of hydrogen-bond acceptors (Lipinski definition) is 6. The SMILES string of the molecule is CC1CC(O)N2CCN(Cc3ccc(Cl)nc3)C2=[14C]1[N+](=O)[O-]. The third kappa shape index (κ3) is 2.62. The maximum Gasteiger partial charge on any atom is 0.289 e. The molecule has 0 saturated carbocycles. The number of aliphatic hydroxyl groups excluding tert-OH is 1. The van der Waals surface area contributed by atoms with Gasteiger partial charge in [-0.1, -0.05) is 24.6 Å². The highest BCUT2D eigenvalue weighted by molar-refractivity contribution is 6.29. The van der Waals surface area contributed by atoms with Gasteiger partial charge in [0.25, 0.3) is 5.70 Å². The molecule has 1 aromatic rings. The lowest BCUT2D eigenvalue weighted by Gasteiger charge is -2.34. The zero-order valence-electron chi connectivity index (χ0n) is 12.1. The van der Waals surface area contributed by atoms with Crippen molar-refractivity contribution in [2.24, 2.45) is 5.92 Å². The molecule has 22 heavy (non-hydrogen) atoms. The van der Waals surface area contributed by atoms with Crippen LogP contribution >= 0.6 is 11.6 Å². The van der Waals surface area contributed by atoms with Crippen molar-refractivity contribution in [3.05, 3.63) is 50.7 Å². The van der Waals surface area contributed by atoms with Crippen LogP contribution in [0.15, 0.2) is 29.8 Å². The molecule has 7 nitrogen and oxygen atoms in total. The first-order valence-corrected chi connectivity index (χ1v) is 7.54. The number of nitrogens with zero attached hydrogens (tertiary/aromatic N) is 4. The van der Waals surface area contributed by atoms with Crippen LogP contribution in [-0.4, -0.2) is 44.1 Å². The molecule has 0 aromatic carbocycles. The minimum atomic E-state index is -0.665. The van der Waals surface area contributed by atoms with Crippen molar-refractivity contribution in [2.75, 3.05) is 13.1 Å². The first kappa shape index (κ1) is 15.1. The Kier molecular flexibility index (Phi) is 3.92. The summed E-state index contributed by atoms with van der Waals surface area (Å²) in [6, 6.07) is 3.55. The molecule has 2 unspecified atom stereocenters. The second-order valence-corrected chi connectivity index (χ2v) is 6.07. The Morgan fingerprint density at radius 3 is 2.95 bits per heavy atom. The summed E-state index contributed by atoms with van der Waals surface area (Å²) in [4.78, 5) is 18.8. The molecule has 1 aromatic heterocycles. The Balaban J connectivity index is 1.93. The molecular weight excluding hydrogens is 310 g/mol. The highest BCUT2D eigenvalue weighted by Crippen LogP contribution is 2.36. The number of aliphatic hydroxyl groups is 1. The van der Waals surface area contributed by atoms with E-state index < -0.39 is 6.23 Å². The van der Waals surface area contributed by atoms with Crippen LogP contribution < -0.4 is 0 Å². The summed E-state index contributed by atoms with van der Waals surface area (Å²) in [5.41, 5.74) is 1.11. The summed E-state index contributed by atoms with van der Waals surface area (Å²) in [6.07, 6.45) is 1.39. The first-order valence-electron chi connectivity index (χ1n) is 7.16.